The van der Waals surface area contributed by atoms with Gasteiger partial charge in [0.1, 0.15) is 11.5 Å². The first-order chi connectivity index (χ1) is 8.60. The number of fused-ring (bicyclic) bond motifs is 1. The zero-order valence-corrected chi connectivity index (χ0v) is 10.8. The summed E-state index contributed by atoms with van der Waals surface area (Å²) in [6, 6.07) is 3.55. The molecule has 18 heavy (non-hydrogen) atoms. The minimum absolute atomic E-state index is 0.135. The van der Waals surface area contributed by atoms with E-state index in [1.165, 1.54) is 25.4 Å². The van der Waals surface area contributed by atoms with Crippen molar-refractivity contribution in [3.8, 4) is 5.75 Å². The fourth-order valence-electron chi connectivity index (χ4n) is 1.57. The van der Waals surface area contributed by atoms with Crippen molar-refractivity contribution in [2.24, 2.45) is 0 Å². The second-order valence-electron chi connectivity index (χ2n) is 3.80. The van der Waals surface area contributed by atoms with Crippen molar-refractivity contribution >= 4 is 38.9 Å². The molecule has 1 heterocycles. The lowest BCUT2D eigenvalue weighted by Crippen LogP contribution is -2.15. The first-order valence-corrected chi connectivity index (χ1v) is 6.18. The Hall–Kier alpha value is -1.95. The minimum Gasteiger partial charge on any atom is -0.494 e. The Morgan fingerprint density at radius 2 is 2.22 bits per heavy atom. The average molecular weight is 264 g/mol. The number of aromatic nitrogens is 1. The Morgan fingerprint density at radius 3 is 2.89 bits per heavy atom. The number of nitrogens with one attached hydrogen (secondary N) is 1. The van der Waals surface area contributed by atoms with Crippen LogP contribution in [0.1, 0.15) is 13.3 Å². The van der Waals surface area contributed by atoms with Gasteiger partial charge >= 0.3 is 0 Å². The van der Waals surface area contributed by atoms with E-state index in [1.807, 2.05) is 0 Å². The van der Waals surface area contributed by atoms with E-state index in [0.29, 0.717) is 11.4 Å². The van der Waals surface area contributed by atoms with Crippen molar-refractivity contribution in [2.75, 3.05) is 12.4 Å². The number of ketones is 1. The molecule has 1 aromatic heterocycles. The van der Waals surface area contributed by atoms with Gasteiger partial charge in [-0.15, -0.1) is 11.3 Å². The highest BCUT2D eigenvalue weighted by molar-refractivity contribution is 7.16. The van der Waals surface area contributed by atoms with Crippen LogP contribution in [0.3, 0.4) is 0 Å². The van der Waals surface area contributed by atoms with Crippen molar-refractivity contribution in [3.05, 3.63) is 17.6 Å². The summed E-state index contributed by atoms with van der Waals surface area (Å²) >= 11 is 1.48. The number of thiazole rings is 1. The van der Waals surface area contributed by atoms with Crippen LogP contribution in [-0.4, -0.2) is 23.8 Å². The average Bonchev–Trinajstić information content (AvgIpc) is 2.73. The molecule has 1 aromatic carbocycles. The Balaban J connectivity index is 2.30. The molecule has 1 N–H and O–H groups in total. The van der Waals surface area contributed by atoms with Gasteiger partial charge in [-0.3, -0.25) is 9.59 Å². The lowest BCUT2D eigenvalue weighted by atomic mass is 10.2. The Bertz CT molecular complexity index is 606. The number of ether oxygens (including phenoxy) is 1. The lowest BCUT2D eigenvalue weighted by Gasteiger charge is -2.09. The molecule has 0 aliphatic heterocycles. The molecule has 1 amide bonds. The molecule has 0 atom stereocenters. The Kier molecular flexibility index (Phi) is 3.57. The number of rotatable bonds is 4. The summed E-state index contributed by atoms with van der Waals surface area (Å²) in [4.78, 5) is 26.6. The van der Waals surface area contributed by atoms with Crippen LogP contribution in [0.2, 0.25) is 0 Å². The van der Waals surface area contributed by atoms with E-state index in [-0.39, 0.29) is 18.1 Å². The van der Waals surface area contributed by atoms with Crippen molar-refractivity contribution in [1.82, 2.24) is 4.98 Å². The minimum atomic E-state index is -0.343. The van der Waals surface area contributed by atoms with Gasteiger partial charge in [0.05, 0.1) is 34.9 Å². The summed E-state index contributed by atoms with van der Waals surface area (Å²) < 4.78 is 6.15. The van der Waals surface area contributed by atoms with Crippen molar-refractivity contribution in [3.63, 3.8) is 0 Å². The molecule has 0 aliphatic rings. The smallest absolute Gasteiger partial charge is 0.231 e. The third kappa shape index (κ3) is 2.65. The van der Waals surface area contributed by atoms with Crippen LogP contribution in [-0.2, 0) is 9.59 Å². The van der Waals surface area contributed by atoms with E-state index in [0.717, 1.165) is 10.2 Å². The number of anilines is 1. The molecule has 5 nitrogen and oxygen atoms in total. The SMILES string of the molecule is COc1cc2ncsc2cc1NC(=O)CC(C)=O. The van der Waals surface area contributed by atoms with Crippen LogP contribution in [0.25, 0.3) is 10.2 Å². The number of amides is 1. The summed E-state index contributed by atoms with van der Waals surface area (Å²) in [5, 5.41) is 2.67. The van der Waals surface area contributed by atoms with Crippen LogP contribution in [0.4, 0.5) is 5.69 Å². The third-order valence-electron chi connectivity index (χ3n) is 2.34. The number of nitrogens with zero attached hydrogens (tertiary/aromatic N) is 1. The number of carbonyl (C=O) groups is 2. The number of hydrogen-bond donors (Lipinski definition) is 1. The molecule has 0 fully saturated rings. The monoisotopic (exact) mass is 264 g/mol. The first kappa shape index (κ1) is 12.5. The number of carbonyl (C=O) groups excluding carboxylic acids is 2. The van der Waals surface area contributed by atoms with Crippen molar-refractivity contribution < 1.29 is 14.3 Å². The summed E-state index contributed by atoms with van der Waals surface area (Å²) in [6.45, 7) is 1.38. The van der Waals surface area contributed by atoms with Gasteiger partial charge in [-0.05, 0) is 13.0 Å². The van der Waals surface area contributed by atoms with E-state index in [4.69, 9.17) is 4.74 Å². The van der Waals surface area contributed by atoms with E-state index >= 15 is 0 Å². The molecule has 0 radical (unpaired) electrons. The highest BCUT2D eigenvalue weighted by atomic mass is 32.1. The summed E-state index contributed by atoms with van der Waals surface area (Å²) in [5.41, 5.74) is 3.10. The largest absolute Gasteiger partial charge is 0.494 e. The Labute approximate surface area is 108 Å². The topological polar surface area (TPSA) is 68.3 Å². The normalized spacial score (nSPS) is 10.3. The molecule has 2 rings (SSSR count). The van der Waals surface area contributed by atoms with Gasteiger partial charge in [-0.1, -0.05) is 0 Å². The zero-order chi connectivity index (χ0) is 13.1. The lowest BCUT2D eigenvalue weighted by molar-refractivity contribution is -0.124. The first-order valence-electron chi connectivity index (χ1n) is 5.30. The van der Waals surface area contributed by atoms with Gasteiger partial charge in [0.15, 0.2) is 0 Å². The maximum atomic E-state index is 11.6. The van der Waals surface area contributed by atoms with E-state index in [9.17, 15) is 9.59 Å². The summed E-state index contributed by atoms with van der Waals surface area (Å²) in [7, 11) is 1.52. The molecule has 2 aromatic rings. The molecule has 94 valence electrons. The van der Waals surface area contributed by atoms with Crippen molar-refractivity contribution in [2.45, 2.75) is 13.3 Å². The fraction of sp³-hybridized carbons (Fsp3) is 0.250. The van der Waals surface area contributed by atoms with Crippen LogP contribution >= 0.6 is 11.3 Å². The maximum Gasteiger partial charge on any atom is 0.231 e. The van der Waals surface area contributed by atoms with Gasteiger partial charge in [0, 0.05) is 6.07 Å². The summed E-state index contributed by atoms with van der Waals surface area (Å²) in [5.74, 6) is 0.0142. The van der Waals surface area contributed by atoms with Gasteiger partial charge in [-0.2, -0.15) is 0 Å². The molecule has 0 bridgehead atoms. The molecular weight excluding hydrogens is 252 g/mol. The second kappa shape index (κ2) is 5.14. The molecule has 0 unspecified atom stereocenters. The van der Waals surface area contributed by atoms with Crippen molar-refractivity contribution in [1.29, 1.82) is 0 Å². The summed E-state index contributed by atoms with van der Waals surface area (Å²) in [6.07, 6.45) is -0.135. The van der Waals surface area contributed by atoms with Gasteiger partial charge < -0.3 is 10.1 Å². The molecule has 0 aliphatic carbocycles. The fourth-order valence-corrected chi connectivity index (χ4v) is 2.27. The van der Waals surface area contributed by atoms with E-state index < -0.39 is 0 Å². The molecule has 0 spiro atoms. The molecule has 0 saturated carbocycles. The third-order valence-corrected chi connectivity index (χ3v) is 3.13. The zero-order valence-electron chi connectivity index (χ0n) is 10.0. The quantitative estimate of drug-likeness (QED) is 0.860. The molecule has 0 saturated heterocycles. The second-order valence-corrected chi connectivity index (χ2v) is 4.69. The van der Waals surface area contributed by atoms with Crippen LogP contribution in [0.5, 0.6) is 5.75 Å². The molecule has 6 heteroatoms. The number of benzene rings is 1. The molecular formula is C12H12N2O3S. The highest BCUT2D eigenvalue weighted by Crippen LogP contribution is 2.31. The predicted octanol–water partition coefficient (Wildman–Crippen LogP) is 2.22. The Morgan fingerprint density at radius 1 is 1.44 bits per heavy atom. The van der Waals surface area contributed by atoms with E-state index in [1.54, 1.807) is 17.6 Å². The van der Waals surface area contributed by atoms with Gasteiger partial charge in [0.2, 0.25) is 5.91 Å². The van der Waals surface area contributed by atoms with Crippen LogP contribution < -0.4 is 10.1 Å². The van der Waals surface area contributed by atoms with Crippen LogP contribution in [0.15, 0.2) is 17.6 Å². The van der Waals surface area contributed by atoms with Gasteiger partial charge in [0.25, 0.3) is 0 Å². The van der Waals surface area contributed by atoms with Crippen LogP contribution in [0, 0.1) is 0 Å². The van der Waals surface area contributed by atoms with E-state index in [2.05, 4.69) is 10.3 Å². The number of hydrogen-bond acceptors (Lipinski definition) is 5. The number of methoxy groups -OCH3 is 1. The number of Topliss-reactive ketones (excluding diaryl/α,β-unsaturated/α-hetero) is 1. The van der Waals surface area contributed by atoms with Gasteiger partial charge in [-0.25, -0.2) is 4.98 Å². The standard InChI is InChI=1S/C12H12N2O3S/c1-7(15)3-12(16)14-8-5-11-9(13-6-18-11)4-10(8)17-2/h4-6H,3H2,1-2H3,(H,14,16). The maximum absolute atomic E-state index is 11.6. The predicted molar refractivity (Wildman–Crippen MR) is 70.1 cm³/mol. The highest BCUT2D eigenvalue weighted by Gasteiger charge is 2.11.